The van der Waals surface area contributed by atoms with Crippen LogP contribution in [-0.4, -0.2) is 10.2 Å². The molecule has 2 aromatic carbocycles. The van der Waals surface area contributed by atoms with E-state index < -0.39 is 0 Å². The highest BCUT2D eigenvalue weighted by Crippen LogP contribution is 2.26. The van der Waals surface area contributed by atoms with Crippen molar-refractivity contribution in [1.29, 1.82) is 0 Å². The first kappa shape index (κ1) is 11.3. The third kappa shape index (κ3) is 1.83. The van der Waals surface area contributed by atoms with Crippen LogP contribution in [0.5, 0.6) is 11.5 Å². The van der Waals surface area contributed by atoms with E-state index in [2.05, 4.69) is 0 Å². The maximum absolute atomic E-state index is 12.4. The lowest BCUT2D eigenvalue weighted by atomic mass is 10.1. The van der Waals surface area contributed by atoms with Gasteiger partial charge in [0.1, 0.15) is 28.7 Å². The van der Waals surface area contributed by atoms with Gasteiger partial charge >= 0.3 is 0 Å². The quantitative estimate of drug-likeness (QED) is 0.700. The molecule has 0 saturated carbocycles. The van der Waals surface area contributed by atoms with Gasteiger partial charge in [0.05, 0.1) is 5.56 Å². The summed E-state index contributed by atoms with van der Waals surface area (Å²) in [5, 5.41) is 19.4. The summed E-state index contributed by atoms with van der Waals surface area (Å²) >= 11 is 0. The summed E-state index contributed by atoms with van der Waals surface area (Å²) < 4.78 is 5.36. The summed E-state index contributed by atoms with van der Waals surface area (Å²) in [5.41, 5.74) is 0.836. The molecule has 0 radical (unpaired) electrons. The second-order valence-corrected chi connectivity index (χ2v) is 4.18. The largest absolute Gasteiger partial charge is 0.508 e. The van der Waals surface area contributed by atoms with Crippen LogP contribution < -0.4 is 5.43 Å². The normalized spacial score (nSPS) is 10.7. The summed E-state index contributed by atoms with van der Waals surface area (Å²) in [4.78, 5) is 12.4. The van der Waals surface area contributed by atoms with E-state index in [9.17, 15) is 15.0 Å². The van der Waals surface area contributed by atoms with E-state index in [4.69, 9.17) is 4.42 Å². The summed E-state index contributed by atoms with van der Waals surface area (Å²) in [6.07, 6.45) is 1.33. The molecule has 4 heteroatoms. The van der Waals surface area contributed by atoms with Crippen molar-refractivity contribution in [3.05, 3.63) is 59.0 Å². The maximum atomic E-state index is 12.4. The fraction of sp³-hybridized carbons (Fsp3) is 0. The molecular formula is C15H10O4. The van der Waals surface area contributed by atoms with Gasteiger partial charge < -0.3 is 14.6 Å². The van der Waals surface area contributed by atoms with Gasteiger partial charge in [-0.15, -0.1) is 0 Å². The van der Waals surface area contributed by atoms with Crippen LogP contribution in [0.25, 0.3) is 22.1 Å². The van der Waals surface area contributed by atoms with E-state index in [1.54, 1.807) is 24.3 Å². The van der Waals surface area contributed by atoms with Crippen LogP contribution in [0.3, 0.4) is 0 Å². The van der Waals surface area contributed by atoms with E-state index in [-0.39, 0.29) is 22.3 Å². The molecule has 0 unspecified atom stereocenters. The van der Waals surface area contributed by atoms with Gasteiger partial charge in [-0.05, 0) is 29.8 Å². The van der Waals surface area contributed by atoms with Crippen molar-refractivity contribution in [1.82, 2.24) is 0 Å². The smallest absolute Gasteiger partial charge is 0.204 e. The molecule has 0 aliphatic heterocycles. The van der Waals surface area contributed by atoms with Gasteiger partial charge in [-0.1, -0.05) is 18.2 Å². The number of aromatic hydroxyl groups is 2. The monoisotopic (exact) mass is 254 g/mol. The van der Waals surface area contributed by atoms with Crippen molar-refractivity contribution in [3.8, 4) is 22.6 Å². The second-order valence-electron chi connectivity index (χ2n) is 4.18. The molecule has 0 aliphatic carbocycles. The van der Waals surface area contributed by atoms with E-state index >= 15 is 0 Å². The van der Waals surface area contributed by atoms with E-state index in [1.807, 2.05) is 0 Å². The first-order valence-corrected chi connectivity index (χ1v) is 5.70. The molecule has 0 bridgehead atoms. The van der Waals surface area contributed by atoms with Gasteiger partial charge in [0.2, 0.25) is 5.43 Å². The minimum Gasteiger partial charge on any atom is -0.508 e. The number of hydrogen-bond acceptors (Lipinski definition) is 4. The van der Waals surface area contributed by atoms with Gasteiger partial charge in [-0.2, -0.15) is 0 Å². The van der Waals surface area contributed by atoms with Gasteiger partial charge in [0.15, 0.2) is 0 Å². The molecule has 0 amide bonds. The van der Waals surface area contributed by atoms with Crippen molar-refractivity contribution in [2.24, 2.45) is 0 Å². The van der Waals surface area contributed by atoms with Crippen molar-refractivity contribution in [3.63, 3.8) is 0 Å². The lowest BCUT2D eigenvalue weighted by molar-refractivity contribution is 0.475. The lowest BCUT2D eigenvalue weighted by Crippen LogP contribution is -2.04. The van der Waals surface area contributed by atoms with E-state index in [0.29, 0.717) is 16.7 Å². The molecule has 0 aliphatic rings. The minimum atomic E-state index is -0.329. The van der Waals surface area contributed by atoms with E-state index in [1.165, 1.54) is 24.5 Å². The fourth-order valence-corrected chi connectivity index (χ4v) is 2.03. The van der Waals surface area contributed by atoms with Crippen molar-refractivity contribution in [2.75, 3.05) is 0 Å². The SMILES string of the molecule is O=c1c(-c2cccc(O)c2)coc2cccc(O)c12. The maximum Gasteiger partial charge on any atom is 0.204 e. The fourth-order valence-electron chi connectivity index (χ4n) is 2.03. The summed E-state index contributed by atoms with van der Waals surface area (Å²) in [6, 6.07) is 11.0. The van der Waals surface area contributed by atoms with Crippen LogP contribution in [-0.2, 0) is 0 Å². The van der Waals surface area contributed by atoms with Crippen LogP contribution in [0.2, 0.25) is 0 Å². The Morgan fingerprint density at radius 3 is 2.58 bits per heavy atom. The zero-order valence-electron chi connectivity index (χ0n) is 9.83. The van der Waals surface area contributed by atoms with Crippen LogP contribution in [0, 0.1) is 0 Å². The predicted molar refractivity (Wildman–Crippen MR) is 71.2 cm³/mol. The molecule has 0 saturated heterocycles. The van der Waals surface area contributed by atoms with Crippen molar-refractivity contribution >= 4 is 11.0 Å². The summed E-state index contributed by atoms with van der Waals surface area (Å²) in [7, 11) is 0. The Hall–Kier alpha value is -2.75. The van der Waals surface area contributed by atoms with Gasteiger partial charge in [0.25, 0.3) is 0 Å². The highest BCUT2D eigenvalue weighted by atomic mass is 16.3. The highest BCUT2D eigenvalue weighted by Gasteiger charge is 2.12. The second kappa shape index (κ2) is 4.17. The number of benzene rings is 2. The van der Waals surface area contributed by atoms with Crippen LogP contribution in [0.4, 0.5) is 0 Å². The van der Waals surface area contributed by atoms with Gasteiger partial charge in [-0.25, -0.2) is 0 Å². The molecule has 0 spiro atoms. The van der Waals surface area contributed by atoms with Gasteiger partial charge in [0, 0.05) is 0 Å². The van der Waals surface area contributed by atoms with Crippen molar-refractivity contribution in [2.45, 2.75) is 0 Å². The van der Waals surface area contributed by atoms with Gasteiger partial charge in [-0.3, -0.25) is 4.79 Å². The van der Waals surface area contributed by atoms with Crippen LogP contribution >= 0.6 is 0 Å². The first-order valence-electron chi connectivity index (χ1n) is 5.70. The predicted octanol–water partition coefficient (Wildman–Crippen LogP) is 2.87. The number of phenolic OH excluding ortho intramolecular Hbond substituents is 2. The number of phenols is 2. The highest BCUT2D eigenvalue weighted by molar-refractivity contribution is 5.86. The first-order chi connectivity index (χ1) is 9.16. The molecule has 4 nitrogen and oxygen atoms in total. The Morgan fingerprint density at radius 1 is 1.00 bits per heavy atom. The third-order valence-electron chi connectivity index (χ3n) is 2.94. The standard InChI is InChI=1S/C15H10O4/c16-10-4-1-3-9(7-10)11-8-19-13-6-2-5-12(17)14(13)15(11)18/h1-8,16-17H. The Kier molecular flexibility index (Phi) is 2.49. The van der Waals surface area contributed by atoms with E-state index in [0.717, 1.165) is 0 Å². The Balaban J connectivity index is 2.35. The number of fused-ring (bicyclic) bond motifs is 1. The molecular weight excluding hydrogens is 244 g/mol. The number of rotatable bonds is 1. The Labute approximate surface area is 108 Å². The molecule has 1 heterocycles. The summed E-state index contributed by atoms with van der Waals surface area (Å²) in [6.45, 7) is 0. The van der Waals surface area contributed by atoms with Crippen molar-refractivity contribution < 1.29 is 14.6 Å². The molecule has 94 valence electrons. The average Bonchev–Trinajstić information content (AvgIpc) is 2.39. The third-order valence-corrected chi connectivity index (χ3v) is 2.94. The topological polar surface area (TPSA) is 70.7 Å². The lowest BCUT2D eigenvalue weighted by Gasteiger charge is -2.04. The average molecular weight is 254 g/mol. The zero-order chi connectivity index (χ0) is 13.4. The molecule has 1 aromatic heterocycles. The Morgan fingerprint density at radius 2 is 1.79 bits per heavy atom. The molecule has 2 N–H and O–H groups in total. The Bertz CT molecular complexity index is 818. The number of hydrogen-bond donors (Lipinski definition) is 2. The zero-order valence-corrected chi connectivity index (χ0v) is 9.83. The summed E-state index contributed by atoms with van der Waals surface area (Å²) in [5.74, 6) is -0.0532. The molecule has 19 heavy (non-hydrogen) atoms. The van der Waals surface area contributed by atoms with Crippen LogP contribution in [0.15, 0.2) is 57.9 Å². The molecule has 0 fully saturated rings. The molecule has 0 atom stereocenters. The molecule has 3 rings (SSSR count). The van der Waals surface area contributed by atoms with Crippen LogP contribution in [0.1, 0.15) is 0 Å². The minimum absolute atomic E-state index is 0.0641. The molecule has 3 aromatic rings.